The maximum absolute atomic E-state index is 12.5. The molecule has 0 radical (unpaired) electrons. The van der Waals surface area contributed by atoms with Crippen molar-refractivity contribution in [3.8, 4) is 0 Å². The molecule has 1 aliphatic heterocycles. The molecule has 4 atom stereocenters. The lowest BCUT2D eigenvalue weighted by molar-refractivity contribution is -0.255. The third kappa shape index (κ3) is 8.60. The Kier molecular flexibility index (Phi) is 12.4. The van der Waals surface area contributed by atoms with Crippen LogP contribution in [-0.2, 0) is 23.8 Å². The van der Waals surface area contributed by atoms with Crippen LogP contribution in [0.5, 0.6) is 0 Å². The molecule has 0 aromatic rings. The van der Waals surface area contributed by atoms with Crippen LogP contribution in [0.3, 0.4) is 0 Å². The van der Waals surface area contributed by atoms with Gasteiger partial charge in [0.25, 0.3) is 0 Å². The Hall–Kier alpha value is -1.18. The molecule has 0 aromatic heterocycles. The second-order valence-corrected chi connectivity index (χ2v) is 8.01. The topological polar surface area (TPSA) is 102 Å². The number of carbonyl (C=O) groups excluding carboxylic acids is 2. The molecular formula is C22H40O7. The van der Waals surface area contributed by atoms with Gasteiger partial charge in [-0.25, -0.2) is 0 Å². The summed E-state index contributed by atoms with van der Waals surface area (Å²) in [6.45, 7) is 7.89. The number of hydrogen-bond donors (Lipinski definition) is 2. The fourth-order valence-electron chi connectivity index (χ4n) is 3.79. The van der Waals surface area contributed by atoms with Crippen molar-refractivity contribution in [3.05, 3.63) is 0 Å². The molecule has 1 aliphatic rings. The first-order chi connectivity index (χ1) is 13.9. The van der Waals surface area contributed by atoms with Crippen LogP contribution >= 0.6 is 0 Å². The molecular weight excluding hydrogens is 376 g/mol. The summed E-state index contributed by atoms with van der Waals surface area (Å²) >= 11 is 0. The van der Waals surface area contributed by atoms with Crippen LogP contribution in [0, 0.1) is 11.8 Å². The van der Waals surface area contributed by atoms with Crippen LogP contribution in [0.15, 0.2) is 0 Å². The molecule has 0 aromatic carbocycles. The van der Waals surface area contributed by atoms with Gasteiger partial charge >= 0.3 is 11.9 Å². The normalized spacial score (nSPS) is 24.7. The van der Waals surface area contributed by atoms with Crippen molar-refractivity contribution in [2.45, 2.75) is 110 Å². The van der Waals surface area contributed by atoms with Crippen LogP contribution < -0.4 is 0 Å². The summed E-state index contributed by atoms with van der Waals surface area (Å²) in [5, 5.41) is 20.4. The van der Waals surface area contributed by atoms with E-state index in [4.69, 9.17) is 14.2 Å². The molecule has 2 N–H and O–H groups in total. The first-order valence-corrected chi connectivity index (χ1v) is 11.3. The first kappa shape index (κ1) is 25.9. The van der Waals surface area contributed by atoms with E-state index >= 15 is 0 Å². The Labute approximate surface area is 175 Å². The summed E-state index contributed by atoms with van der Waals surface area (Å²) in [6.07, 6.45) is 2.30. The molecule has 7 nitrogen and oxygen atoms in total. The van der Waals surface area contributed by atoms with Gasteiger partial charge in [0.2, 0.25) is 6.29 Å². The van der Waals surface area contributed by atoms with Gasteiger partial charge in [0.05, 0.1) is 17.9 Å². The summed E-state index contributed by atoms with van der Waals surface area (Å²) < 4.78 is 16.5. The van der Waals surface area contributed by atoms with Gasteiger partial charge in [-0.3, -0.25) is 9.59 Å². The highest BCUT2D eigenvalue weighted by Crippen LogP contribution is 2.25. The Morgan fingerprint density at radius 3 is 1.86 bits per heavy atom. The van der Waals surface area contributed by atoms with Gasteiger partial charge in [0.15, 0.2) is 0 Å². The monoisotopic (exact) mass is 416 g/mol. The van der Waals surface area contributed by atoms with Gasteiger partial charge in [-0.05, 0) is 25.7 Å². The first-order valence-electron chi connectivity index (χ1n) is 11.3. The molecule has 0 unspecified atom stereocenters. The molecule has 0 amide bonds. The molecule has 1 heterocycles. The molecule has 0 bridgehead atoms. The molecule has 0 aliphatic carbocycles. The van der Waals surface area contributed by atoms with Gasteiger partial charge < -0.3 is 24.4 Å². The van der Waals surface area contributed by atoms with E-state index in [0.29, 0.717) is 0 Å². The Balaban J connectivity index is 2.64. The second kappa shape index (κ2) is 13.9. The molecule has 0 saturated carbocycles. The molecule has 1 rings (SSSR count). The van der Waals surface area contributed by atoms with Crippen molar-refractivity contribution in [1.29, 1.82) is 0 Å². The third-order valence-corrected chi connectivity index (χ3v) is 5.39. The van der Waals surface area contributed by atoms with Crippen LogP contribution in [0.4, 0.5) is 0 Å². The molecule has 1 saturated heterocycles. The summed E-state index contributed by atoms with van der Waals surface area (Å²) in [5.74, 6) is -1.03. The van der Waals surface area contributed by atoms with Crippen LogP contribution in [0.25, 0.3) is 0 Å². The summed E-state index contributed by atoms with van der Waals surface area (Å²) in [7, 11) is 0. The van der Waals surface area contributed by atoms with Crippen LogP contribution in [0.2, 0.25) is 0 Å². The Morgan fingerprint density at radius 1 is 0.897 bits per heavy atom. The second-order valence-electron chi connectivity index (χ2n) is 8.01. The average Bonchev–Trinajstić information content (AvgIpc) is 2.68. The maximum atomic E-state index is 12.5. The Bertz CT molecular complexity index is 470. The molecule has 7 heteroatoms. The van der Waals surface area contributed by atoms with Crippen molar-refractivity contribution in [1.82, 2.24) is 0 Å². The quantitative estimate of drug-likeness (QED) is 0.444. The predicted octanol–water partition coefficient (Wildman–Crippen LogP) is 3.34. The average molecular weight is 417 g/mol. The number of aliphatic hydroxyl groups is 2. The van der Waals surface area contributed by atoms with E-state index in [1.165, 1.54) is 0 Å². The lowest BCUT2D eigenvalue weighted by atomic mass is 9.98. The van der Waals surface area contributed by atoms with Crippen molar-refractivity contribution < 1.29 is 34.0 Å². The van der Waals surface area contributed by atoms with Gasteiger partial charge in [0.1, 0.15) is 18.8 Å². The number of aliphatic hydroxyl groups excluding tert-OH is 2. The lowest BCUT2D eigenvalue weighted by Gasteiger charge is -2.36. The highest BCUT2D eigenvalue weighted by Gasteiger charge is 2.40. The summed E-state index contributed by atoms with van der Waals surface area (Å²) in [4.78, 5) is 24.8. The number of ether oxygens (including phenoxy) is 3. The zero-order valence-corrected chi connectivity index (χ0v) is 18.5. The minimum atomic E-state index is -1.20. The standard InChI is InChI=1S/C22H40O7/c1-5-9-15(10-6-2)21(25)27-14-18-20(24)17(23)13-19(28-18)29-22(26)16(11-7-3)12-8-4/h15-20,23-24H,5-14H2,1-4H3/t17-,18-,19-,20+/m1/s1. The minimum Gasteiger partial charge on any atom is -0.463 e. The van der Waals surface area contributed by atoms with Gasteiger partial charge in [-0.1, -0.05) is 53.4 Å². The van der Waals surface area contributed by atoms with E-state index in [0.717, 1.165) is 51.4 Å². The molecule has 0 spiro atoms. The Morgan fingerprint density at radius 2 is 1.38 bits per heavy atom. The highest BCUT2D eigenvalue weighted by atomic mass is 16.7. The SMILES string of the molecule is CCCC(CCC)C(=O)OC[C@H]1O[C@H](OC(=O)C(CCC)CCC)C[C@@H](O)[C@@H]1O. The maximum Gasteiger partial charge on any atom is 0.311 e. The number of rotatable bonds is 13. The molecule has 29 heavy (non-hydrogen) atoms. The van der Waals surface area contributed by atoms with Crippen LogP contribution in [-0.4, -0.2) is 53.4 Å². The van der Waals surface area contributed by atoms with Crippen molar-refractivity contribution in [2.24, 2.45) is 11.8 Å². The minimum absolute atomic E-state index is 0.00336. The van der Waals surface area contributed by atoms with E-state index in [2.05, 4.69) is 0 Å². The van der Waals surface area contributed by atoms with E-state index in [9.17, 15) is 19.8 Å². The highest BCUT2D eigenvalue weighted by molar-refractivity contribution is 5.72. The van der Waals surface area contributed by atoms with Gasteiger partial charge in [-0.2, -0.15) is 0 Å². The lowest BCUT2D eigenvalue weighted by Crippen LogP contribution is -2.51. The van der Waals surface area contributed by atoms with Crippen molar-refractivity contribution >= 4 is 11.9 Å². The van der Waals surface area contributed by atoms with Gasteiger partial charge in [0, 0.05) is 6.42 Å². The summed E-state index contributed by atoms with van der Waals surface area (Å²) in [6, 6.07) is 0. The predicted molar refractivity (Wildman–Crippen MR) is 109 cm³/mol. The number of hydrogen-bond acceptors (Lipinski definition) is 7. The fourth-order valence-corrected chi connectivity index (χ4v) is 3.79. The van der Waals surface area contributed by atoms with E-state index < -0.39 is 24.6 Å². The van der Waals surface area contributed by atoms with Gasteiger partial charge in [-0.15, -0.1) is 0 Å². The summed E-state index contributed by atoms with van der Waals surface area (Å²) in [5.41, 5.74) is 0. The van der Waals surface area contributed by atoms with E-state index in [1.54, 1.807) is 0 Å². The van der Waals surface area contributed by atoms with E-state index in [1.807, 2.05) is 27.7 Å². The smallest absolute Gasteiger partial charge is 0.311 e. The zero-order chi connectivity index (χ0) is 21.8. The largest absolute Gasteiger partial charge is 0.463 e. The van der Waals surface area contributed by atoms with E-state index in [-0.39, 0.29) is 36.8 Å². The van der Waals surface area contributed by atoms with Crippen molar-refractivity contribution in [3.63, 3.8) is 0 Å². The number of esters is 2. The van der Waals surface area contributed by atoms with Crippen molar-refractivity contribution in [2.75, 3.05) is 6.61 Å². The molecule has 1 fully saturated rings. The zero-order valence-electron chi connectivity index (χ0n) is 18.5. The fraction of sp³-hybridized carbons (Fsp3) is 0.909. The third-order valence-electron chi connectivity index (χ3n) is 5.39. The van der Waals surface area contributed by atoms with Crippen LogP contribution in [0.1, 0.15) is 85.5 Å². The molecule has 170 valence electrons. The number of carbonyl (C=O) groups is 2.